The van der Waals surface area contributed by atoms with Crippen LogP contribution in [0.5, 0.6) is 5.88 Å². The molecule has 0 radical (unpaired) electrons. The number of fused-ring (bicyclic) bond motifs is 1. The Kier molecular flexibility index (Phi) is 2.71. The molecule has 4 nitrogen and oxygen atoms in total. The number of rotatable bonds is 2. The third-order valence-electron chi connectivity index (χ3n) is 3.25. The molecule has 1 aromatic carbocycles. The summed E-state index contributed by atoms with van der Waals surface area (Å²) in [6, 6.07) is 8.12. The fourth-order valence-corrected chi connectivity index (χ4v) is 2.28. The van der Waals surface area contributed by atoms with Crippen LogP contribution in [0.25, 0.3) is 22.3 Å². The van der Waals surface area contributed by atoms with Crippen LogP contribution in [0.3, 0.4) is 0 Å². The van der Waals surface area contributed by atoms with Gasteiger partial charge in [0.15, 0.2) is 0 Å². The van der Waals surface area contributed by atoms with E-state index in [1.54, 1.807) is 13.3 Å². The van der Waals surface area contributed by atoms with Crippen molar-refractivity contribution in [2.24, 2.45) is 7.05 Å². The van der Waals surface area contributed by atoms with Crippen molar-refractivity contribution < 1.29 is 4.74 Å². The van der Waals surface area contributed by atoms with Gasteiger partial charge in [-0.25, -0.2) is 9.97 Å². The van der Waals surface area contributed by atoms with E-state index in [0.717, 1.165) is 27.9 Å². The van der Waals surface area contributed by atoms with Crippen molar-refractivity contribution in [1.29, 1.82) is 0 Å². The first-order valence-corrected chi connectivity index (χ1v) is 6.12. The highest BCUT2D eigenvalue weighted by Crippen LogP contribution is 2.26. The number of hydrogen-bond donors (Lipinski definition) is 0. The van der Waals surface area contributed by atoms with Gasteiger partial charge >= 0.3 is 0 Å². The number of hydrogen-bond acceptors (Lipinski definition) is 3. The van der Waals surface area contributed by atoms with Gasteiger partial charge in [0, 0.05) is 36.5 Å². The third-order valence-corrected chi connectivity index (χ3v) is 3.25. The lowest BCUT2D eigenvalue weighted by atomic mass is 10.1. The van der Waals surface area contributed by atoms with Gasteiger partial charge in [0.25, 0.3) is 0 Å². The van der Waals surface area contributed by atoms with Crippen LogP contribution in [0.1, 0.15) is 5.56 Å². The molecule has 0 aliphatic heterocycles. The average molecular weight is 253 g/mol. The molecule has 0 aliphatic carbocycles. The van der Waals surface area contributed by atoms with Crippen molar-refractivity contribution in [2.75, 3.05) is 7.11 Å². The summed E-state index contributed by atoms with van der Waals surface area (Å²) in [5.41, 5.74) is 3.19. The van der Waals surface area contributed by atoms with Crippen LogP contribution in [-0.4, -0.2) is 21.6 Å². The molecule has 19 heavy (non-hydrogen) atoms. The molecule has 3 aromatic rings. The van der Waals surface area contributed by atoms with E-state index in [1.807, 2.05) is 29.9 Å². The van der Waals surface area contributed by atoms with E-state index in [1.165, 1.54) is 0 Å². The van der Waals surface area contributed by atoms with Crippen LogP contribution in [-0.2, 0) is 7.05 Å². The lowest BCUT2D eigenvalue weighted by molar-refractivity contribution is 0.399. The molecule has 96 valence electrons. The summed E-state index contributed by atoms with van der Waals surface area (Å²) in [5, 5.41) is 1.10. The zero-order valence-electron chi connectivity index (χ0n) is 11.2. The molecular weight excluding hydrogens is 238 g/mol. The Morgan fingerprint density at radius 3 is 2.74 bits per heavy atom. The van der Waals surface area contributed by atoms with Gasteiger partial charge in [-0.15, -0.1) is 0 Å². The number of aryl methyl sites for hydroxylation is 2. The summed E-state index contributed by atoms with van der Waals surface area (Å²) < 4.78 is 7.18. The van der Waals surface area contributed by atoms with E-state index < -0.39 is 0 Å². The van der Waals surface area contributed by atoms with Crippen molar-refractivity contribution in [1.82, 2.24) is 14.5 Å². The van der Waals surface area contributed by atoms with Gasteiger partial charge in [0.1, 0.15) is 5.82 Å². The van der Waals surface area contributed by atoms with Gasteiger partial charge in [0.05, 0.1) is 12.6 Å². The fraction of sp³-hybridized carbons (Fsp3) is 0.200. The Hall–Kier alpha value is -2.36. The zero-order chi connectivity index (χ0) is 13.4. The van der Waals surface area contributed by atoms with Gasteiger partial charge in [-0.3, -0.25) is 0 Å². The van der Waals surface area contributed by atoms with Gasteiger partial charge in [-0.2, -0.15) is 0 Å². The number of pyridine rings is 1. The normalized spacial score (nSPS) is 10.9. The summed E-state index contributed by atoms with van der Waals surface area (Å²) in [6.45, 7) is 2.06. The molecule has 0 unspecified atom stereocenters. The van der Waals surface area contributed by atoms with Gasteiger partial charge in [0.2, 0.25) is 5.88 Å². The number of methoxy groups -OCH3 is 1. The quantitative estimate of drug-likeness (QED) is 0.705. The van der Waals surface area contributed by atoms with Crippen molar-refractivity contribution >= 4 is 10.9 Å². The second-order valence-electron chi connectivity index (χ2n) is 4.58. The SMILES string of the molecule is COc1ccc2cc(-c3nccn3C)cc(C)c2n1. The highest BCUT2D eigenvalue weighted by molar-refractivity contribution is 5.86. The highest BCUT2D eigenvalue weighted by atomic mass is 16.5. The Labute approximate surface area is 111 Å². The van der Waals surface area contributed by atoms with E-state index in [9.17, 15) is 0 Å². The third kappa shape index (κ3) is 1.95. The maximum absolute atomic E-state index is 5.17. The number of aromatic nitrogens is 3. The first kappa shape index (κ1) is 11.7. The second kappa shape index (κ2) is 4.39. The molecule has 3 rings (SSSR count). The van der Waals surface area contributed by atoms with E-state index in [-0.39, 0.29) is 0 Å². The van der Waals surface area contributed by atoms with Crippen molar-refractivity contribution in [2.45, 2.75) is 6.92 Å². The Morgan fingerprint density at radius 1 is 1.21 bits per heavy atom. The number of benzene rings is 1. The van der Waals surface area contributed by atoms with Crippen molar-refractivity contribution in [3.8, 4) is 17.3 Å². The summed E-state index contributed by atoms with van der Waals surface area (Å²) in [4.78, 5) is 8.87. The average Bonchev–Trinajstić information content (AvgIpc) is 2.84. The topological polar surface area (TPSA) is 39.9 Å². The van der Waals surface area contributed by atoms with Crippen molar-refractivity contribution in [3.05, 3.63) is 42.2 Å². The molecule has 4 heteroatoms. The van der Waals surface area contributed by atoms with Crippen LogP contribution in [0.2, 0.25) is 0 Å². The van der Waals surface area contributed by atoms with E-state index in [0.29, 0.717) is 5.88 Å². The molecule has 0 aliphatic rings. The number of ether oxygens (including phenoxy) is 1. The predicted molar refractivity (Wildman–Crippen MR) is 75.2 cm³/mol. The Bertz CT molecular complexity index is 746. The molecule has 2 heterocycles. The van der Waals surface area contributed by atoms with Crippen LogP contribution >= 0.6 is 0 Å². The maximum atomic E-state index is 5.17. The molecule has 0 amide bonds. The molecule has 0 saturated carbocycles. The molecule has 0 spiro atoms. The van der Waals surface area contributed by atoms with E-state index in [4.69, 9.17) is 4.74 Å². The van der Waals surface area contributed by atoms with Gasteiger partial charge in [-0.05, 0) is 30.7 Å². The fourth-order valence-electron chi connectivity index (χ4n) is 2.28. The van der Waals surface area contributed by atoms with Gasteiger partial charge in [-0.1, -0.05) is 0 Å². The van der Waals surface area contributed by atoms with Crippen LogP contribution in [0.4, 0.5) is 0 Å². The second-order valence-corrected chi connectivity index (χ2v) is 4.58. The molecule has 0 atom stereocenters. The number of nitrogens with zero attached hydrogens (tertiary/aromatic N) is 3. The summed E-state index contributed by atoms with van der Waals surface area (Å²) >= 11 is 0. The molecule has 2 aromatic heterocycles. The minimum atomic E-state index is 0.639. The molecule has 0 N–H and O–H groups in total. The molecule has 0 fully saturated rings. The Balaban J connectivity index is 2.23. The standard InChI is InChI=1S/C15H15N3O/c1-10-8-12(15-16-6-7-18(15)2)9-11-4-5-13(19-3)17-14(10)11/h4-9H,1-3H3. The molecular formula is C15H15N3O. The zero-order valence-corrected chi connectivity index (χ0v) is 11.2. The lowest BCUT2D eigenvalue weighted by Gasteiger charge is -2.08. The largest absolute Gasteiger partial charge is 0.481 e. The summed E-state index contributed by atoms with van der Waals surface area (Å²) in [6.07, 6.45) is 3.75. The first-order chi connectivity index (χ1) is 9.19. The van der Waals surface area contributed by atoms with Crippen LogP contribution in [0, 0.1) is 6.92 Å². The minimum Gasteiger partial charge on any atom is -0.481 e. The lowest BCUT2D eigenvalue weighted by Crippen LogP contribution is -1.94. The summed E-state index contributed by atoms with van der Waals surface area (Å²) in [7, 11) is 3.62. The minimum absolute atomic E-state index is 0.639. The molecule has 0 bridgehead atoms. The predicted octanol–water partition coefficient (Wildman–Crippen LogP) is 2.95. The summed E-state index contributed by atoms with van der Waals surface area (Å²) in [5.74, 6) is 1.60. The highest BCUT2D eigenvalue weighted by Gasteiger charge is 2.08. The van der Waals surface area contributed by atoms with Crippen LogP contribution < -0.4 is 4.74 Å². The Morgan fingerprint density at radius 2 is 2.05 bits per heavy atom. The number of imidazole rings is 1. The first-order valence-electron chi connectivity index (χ1n) is 6.12. The smallest absolute Gasteiger partial charge is 0.213 e. The van der Waals surface area contributed by atoms with Crippen LogP contribution in [0.15, 0.2) is 36.7 Å². The molecule has 0 saturated heterocycles. The van der Waals surface area contributed by atoms with Gasteiger partial charge < -0.3 is 9.30 Å². The van der Waals surface area contributed by atoms with E-state index >= 15 is 0 Å². The maximum Gasteiger partial charge on any atom is 0.213 e. The van der Waals surface area contributed by atoms with Crippen molar-refractivity contribution in [3.63, 3.8) is 0 Å². The monoisotopic (exact) mass is 253 g/mol. The van der Waals surface area contributed by atoms with E-state index in [2.05, 4.69) is 29.0 Å².